The number of para-hydroxylation sites is 1. The maximum Gasteiger partial charge on any atom is 0.266 e. The lowest BCUT2D eigenvalue weighted by Gasteiger charge is -2.09. The Hall–Kier alpha value is -3.26. The molecule has 0 fully saturated rings. The third kappa shape index (κ3) is 6.11. The molecule has 3 aromatic rings. The number of ether oxygens (including phenoxy) is 1. The van der Waals surface area contributed by atoms with Gasteiger partial charge in [0.05, 0.1) is 0 Å². The van der Waals surface area contributed by atoms with Crippen LogP contribution in [-0.2, 0) is 17.8 Å². The number of halogens is 2. The van der Waals surface area contributed by atoms with Crippen LogP contribution in [0.1, 0.15) is 23.6 Å². The Morgan fingerprint density at radius 1 is 1.06 bits per heavy atom. The van der Waals surface area contributed by atoms with E-state index in [1.807, 2.05) is 43.3 Å². The first-order valence-electron chi connectivity index (χ1n) is 9.68. The van der Waals surface area contributed by atoms with Crippen molar-refractivity contribution in [2.45, 2.75) is 20.0 Å². The van der Waals surface area contributed by atoms with Gasteiger partial charge in [0.2, 0.25) is 0 Å². The zero-order valence-electron chi connectivity index (χ0n) is 16.9. The Labute approximate surface area is 191 Å². The number of rotatable bonds is 7. The number of anilines is 1. The molecule has 3 aromatic carbocycles. The number of carbonyl (C=O) groups is 1. The summed E-state index contributed by atoms with van der Waals surface area (Å²) in [6.45, 7) is 2.31. The van der Waals surface area contributed by atoms with Crippen LogP contribution in [0.4, 0.5) is 5.69 Å². The molecule has 0 bridgehead atoms. The first-order valence-corrected chi connectivity index (χ1v) is 10.4. The van der Waals surface area contributed by atoms with E-state index in [0.29, 0.717) is 33.7 Å². The van der Waals surface area contributed by atoms with Gasteiger partial charge in [0.25, 0.3) is 5.91 Å². The smallest absolute Gasteiger partial charge is 0.266 e. The number of nitrogens with zero attached hydrogens (tertiary/aromatic N) is 1. The highest BCUT2D eigenvalue weighted by molar-refractivity contribution is 6.35. The van der Waals surface area contributed by atoms with E-state index in [0.717, 1.165) is 17.5 Å². The van der Waals surface area contributed by atoms with E-state index >= 15 is 0 Å². The largest absolute Gasteiger partial charge is 0.489 e. The fraction of sp³-hybridized carbons (Fsp3) is 0.120. The van der Waals surface area contributed by atoms with Crippen molar-refractivity contribution in [1.82, 2.24) is 0 Å². The van der Waals surface area contributed by atoms with Crippen LogP contribution in [0.25, 0.3) is 6.08 Å². The molecule has 0 aromatic heterocycles. The van der Waals surface area contributed by atoms with Gasteiger partial charge < -0.3 is 10.1 Å². The highest BCUT2D eigenvalue weighted by Crippen LogP contribution is 2.23. The molecule has 0 atom stereocenters. The number of amides is 1. The third-order valence-corrected chi connectivity index (χ3v) is 5.20. The van der Waals surface area contributed by atoms with Crippen LogP contribution in [0.3, 0.4) is 0 Å². The molecule has 3 rings (SSSR count). The third-order valence-electron chi connectivity index (χ3n) is 4.61. The van der Waals surface area contributed by atoms with Gasteiger partial charge in [-0.1, -0.05) is 66.5 Å². The topological polar surface area (TPSA) is 62.1 Å². The lowest BCUT2D eigenvalue weighted by atomic mass is 10.1. The molecule has 4 nitrogen and oxygen atoms in total. The van der Waals surface area contributed by atoms with E-state index in [4.69, 9.17) is 27.9 Å². The molecule has 0 spiro atoms. The van der Waals surface area contributed by atoms with Gasteiger partial charge in [0.15, 0.2) is 0 Å². The van der Waals surface area contributed by atoms with Crippen molar-refractivity contribution in [3.8, 4) is 11.8 Å². The van der Waals surface area contributed by atoms with Gasteiger partial charge in [-0.05, 0) is 54.0 Å². The predicted molar refractivity (Wildman–Crippen MR) is 125 cm³/mol. The fourth-order valence-corrected chi connectivity index (χ4v) is 3.38. The van der Waals surface area contributed by atoms with Crippen LogP contribution in [0.15, 0.2) is 72.3 Å². The lowest BCUT2D eigenvalue weighted by Crippen LogP contribution is -2.14. The first-order chi connectivity index (χ1) is 15.0. The number of hydrogen-bond acceptors (Lipinski definition) is 3. The minimum Gasteiger partial charge on any atom is -0.489 e. The highest BCUT2D eigenvalue weighted by atomic mass is 35.5. The van der Waals surface area contributed by atoms with E-state index in [9.17, 15) is 10.1 Å². The Morgan fingerprint density at radius 3 is 2.48 bits per heavy atom. The molecular formula is C25H20Cl2N2O2. The molecule has 31 heavy (non-hydrogen) atoms. The van der Waals surface area contributed by atoms with Crippen molar-refractivity contribution in [2.75, 3.05) is 5.32 Å². The summed E-state index contributed by atoms with van der Waals surface area (Å²) in [5.74, 6) is 0.198. The summed E-state index contributed by atoms with van der Waals surface area (Å²) in [4.78, 5) is 12.5. The van der Waals surface area contributed by atoms with Crippen molar-refractivity contribution in [3.05, 3.63) is 99.0 Å². The van der Waals surface area contributed by atoms with Crippen molar-refractivity contribution in [2.24, 2.45) is 0 Å². The minimum absolute atomic E-state index is 0.0209. The van der Waals surface area contributed by atoms with Gasteiger partial charge in [0.1, 0.15) is 24.0 Å². The Kier molecular flexibility index (Phi) is 7.72. The van der Waals surface area contributed by atoms with E-state index < -0.39 is 5.91 Å². The van der Waals surface area contributed by atoms with Crippen LogP contribution in [-0.4, -0.2) is 5.91 Å². The molecule has 1 amide bonds. The summed E-state index contributed by atoms with van der Waals surface area (Å²) < 4.78 is 5.76. The number of carbonyl (C=O) groups excluding carboxylic acids is 1. The maximum atomic E-state index is 12.5. The van der Waals surface area contributed by atoms with Gasteiger partial charge in [-0.3, -0.25) is 4.79 Å². The number of nitrogens with one attached hydrogen (secondary N) is 1. The van der Waals surface area contributed by atoms with Crippen LogP contribution in [0.5, 0.6) is 5.75 Å². The molecule has 0 saturated heterocycles. The molecule has 1 N–H and O–H groups in total. The van der Waals surface area contributed by atoms with E-state index in [-0.39, 0.29) is 5.57 Å². The van der Waals surface area contributed by atoms with E-state index in [1.165, 1.54) is 0 Å². The summed E-state index contributed by atoms with van der Waals surface area (Å²) in [7, 11) is 0. The van der Waals surface area contributed by atoms with Crippen molar-refractivity contribution < 1.29 is 9.53 Å². The number of benzene rings is 3. The van der Waals surface area contributed by atoms with Gasteiger partial charge in [0, 0.05) is 21.3 Å². The average molecular weight is 451 g/mol. The van der Waals surface area contributed by atoms with Crippen molar-refractivity contribution >= 4 is 40.9 Å². The first kappa shape index (κ1) is 22.4. The molecule has 0 unspecified atom stereocenters. The maximum absolute atomic E-state index is 12.5. The number of hydrogen-bond donors (Lipinski definition) is 1. The summed E-state index contributed by atoms with van der Waals surface area (Å²) in [6, 6.07) is 21.9. The molecule has 0 aliphatic heterocycles. The second kappa shape index (κ2) is 10.7. The fourth-order valence-electron chi connectivity index (χ4n) is 2.92. The average Bonchev–Trinajstić information content (AvgIpc) is 2.78. The Balaban J connectivity index is 1.67. The molecule has 0 aliphatic rings. The Bertz CT molecular complexity index is 1150. The summed E-state index contributed by atoms with van der Waals surface area (Å²) >= 11 is 12.1. The molecule has 0 aliphatic carbocycles. The molecule has 156 valence electrons. The van der Waals surface area contributed by atoms with Gasteiger partial charge in [-0.25, -0.2) is 0 Å². The second-order valence-electron chi connectivity index (χ2n) is 6.73. The predicted octanol–water partition coefficient (Wildman–Crippen LogP) is 6.68. The van der Waals surface area contributed by atoms with Crippen LogP contribution in [0.2, 0.25) is 10.0 Å². The standard InChI is InChI=1S/C25H20Cl2N2O2/c1-2-18-5-3-4-6-24(18)29-25(30)20(15-28)13-17-7-11-22(12-8-17)31-16-19-9-10-21(26)14-23(19)27/h3-14H,2,16H2,1H3,(H,29,30)/b20-13+. The van der Waals surface area contributed by atoms with E-state index in [1.54, 1.807) is 42.5 Å². The summed E-state index contributed by atoms with van der Waals surface area (Å²) in [5, 5.41) is 13.4. The quantitative estimate of drug-likeness (QED) is 0.322. The van der Waals surface area contributed by atoms with Crippen LogP contribution < -0.4 is 10.1 Å². The number of aryl methyl sites for hydroxylation is 1. The second-order valence-corrected chi connectivity index (χ2v) is 7.57. The molecule has 6 heteroatoms. The molecule has 0 radical (unpaired) electrons. The monoisotopic (exact) mass is 450 g/mol. The minimum atomic E-state index is -0.443. The zero-order valence-corrected chi connectivity index (χ0v) is 18.4. The molecule has 0 saturated carbocycles. The van der Waals surface area contributed by atoms with Gasteiger partial charge in [-0.2, -0.15) is 5.26 Å². The van der Waals surface area contributed by atoms with Gasteiger partial charge in [-0.15, -0.1) is 0 Å². The SMILES string of the molecule is CCc1ccccc1NC(=O)/C(C#N)=C/c1ccc(OCc2ccc(Cl)cc2Cl)cc1. The summed E-state index contributed by atoms with van der Waals surface area (Å²) in [6.07, 6.45) is 2.33. The number of nitriles is 1. The van der Waals surface area contributed by atoms with Crippen molar-refractivity contribution in [3.63, 3.8) is 0 Å². The molecular weight excluding hydrogens is 431 g/mol. The van der Waals surface area contributed by atoms with E-state index in [2.05, 4.69) is 5.32 Å². The Morgan fingerprint density at radius 2 is 1.81 bits per heavy atom. The molecule has 0 heterocycles. The van der Waals surface area contributed by atoms with Crippen LogP contribution >= 0.6 is 23.2 Å². The van der Waals surface area contributed by atoms with Gasteiger partial charge >= 0.3 is 0 Å². The van der Waals surface area contributed by atoms with Crippen LogP contribution in [0, 0.1) is 11.3 Å². The highest BCUT2D eigenvalue weighted by Gasteiger charge is 2.11. The van der Waals surface area contributed by atoms with Crippen molar-refractivity contribution in [1.29, 1.82) is 5.26 Å². The zero-order chi connectivity index (χ0) is 22.2. The normalized spacial score (nSPS) is 11.0. The lowest BCUT2D eigenvalue weighted by molar-refractivity contribution is -0.112. The summed E-state index contributed by atoms with van der Waals surface area (Å²) in [5.41, 5.74) is 3.28.